The van der Waals surface area contributed by atoms with E-state index >= 15 is 0 Å². The quantitative estimate of drug-likeness (QED) is 0.864. The maximum Gasteiger partial charge on any atom is 0.177 e. The zero-order valence-corrected chi connectivity index (χ0v) is 13.1. The Morgan fingerprint density at radius 3 is 2.80 bits per heavy atom. The summed E-state index contributed by atoms with van der Waals surface area (Å²) in [6, 6.07) is 6.00. The summed E-state index contributed by atoms with van der Waals surface area (Å²) in [4.78, 5) is 2.81. The van der Waals surface area contributed by atoms with Gasteiger partial charge in [0.1, 0.15) is 0 Å². The van der Waals surface area contributed by atoms with Crippen molar-refractivity contribution in [2.24, 2.45) is 5.41 Å². The highest BCUT2D eigenvalue weighted by molar-refractivity contribution is 7.90. The predicted molar refractivity (Wildman–Crippen MR) is 82.2 cm³/mol. The lowest BCUT2D eigenvalue weighted by molar-refractivity contribution is 0.217. The summed E-state index contributed by atoms with van der Waals surface area (Å²) in [5.74, 6) is 0. The molecule has 2 heterocycles. The number of hydrogen-bond donors (Lipinski definition) is 1. The van der Waals surface area contributed by atoms with Gasteiger partial charge in [-0.15, -0.1) is 0 Å². The number of benzene rings is 1. The molecule has 0 saturated carbocycles. The molecular formula is C15H22N2O2S. The molecule has 0 aliphatic carbocycles. The lowest BCUT2D eigenvalue weighted by atomic mass is 9.75. The number of hydrogen-bond acceptors (Lipinski definition) is 4. The average molecular weight is 294 g/mol. The Bertz CT molecular complexity index is 637. The number of sulfone groups is 1. The van der Waals surface area contributed by atoms with Crippen LogP contribution < -0.4 is 10.2 Å². The molecule has 1 saturated heterocycles. The Morgan fingerprint density at radius 1 is 1.35 bits per heavy atom. The summed E-state index contributed by atoms with van der Waals surface area (Å²) in [6.07, 6.45) is 3.65. The molecule has 2 aliphatic rings. The van der Waals surface area contributed by atoms with Gasteiger partial charge in [-0.2, -0.15) is 0 Å². The summed E-state index contributed by atoms with van der Waals surface area (Å²) in [5, 5.41) is 3.37. The molecule has 1 aromatic rings. The molecule has 0 spiro atoms. The fourth-order valence-corrected chi connectivity index (χ4v) is 4.44. The highest BCUT2D eigenvalue weighted by Gasteiger charge is 2.41. The molecule has 4 nitrogen and oxygen atoms in total. The van der Waals surface area contributed by atoms with Crippen LogP contribution in [0.25, 0.3) is 0 Å². The maximum absolute atomic E-state index is 11.9. The second-order valence-electron chi connectivity index (χ2n) is 6.60. The minimum absolute atomic E-state index is 0.254. The number of fused-ring (bicyclic) bond motifs is 3. The van der Waals surface area contributed by atoms with E-state index in [1.54, 1.807) is 6.07 Å². The van der Waals surface area contributed by atoms with Crippen molar-refractivity contribution in [1.29, 1.82) is 0 Å². The number of nitrogens with one attached hydrogen (secondary N) is 1. The van der Waals surface area contributed by atoms with E-state index in [1.165, 1.54) is 12.7 Å². The fraction of sp³-hybridized carbons (Fsp3) is 0.600. The molecule has 0 amide bonds. The molecule has 110 valence electrons. The number of piperidine rings is 1. The van der Waals surface area contributed by atoms with Gasteiger partial charge in [0, 0.05) is 19.3 Å². The van der Waals surface area contributed by atoms with E-state index in [9.17, 15) is 8.42 Å². The van der Waals surface area contributed by atoms with Crippen molar-refractivity contribution in [3.8, 4) is 0 Å². The molecule has 2 aliphatic heterocycles. The first-order valence-electron chi connectivity index (χ1n) is 7.14. The monoisotopic (exact) mass is 294 g/mol. The van der Waals surface area contributed by atoms with Crippen LogP contribution in [0.4, 0.5) is 11.4 Å². The van der Waals surface area contributed by atoms with Crippen LogP contribution in [0.3, 0.4) is 0 Å². The SMILES string of the molecule is CC1(C)CCCN2c3cccc(S(C)(=O)=O)c3NCC21. The van der Waals surface area contributed by atoms with Crippen molar-refractivity contribution in [1.82, 2.24) is 0 Å². The van der Waals surface area contributed by atoms with Gasteiger partial charge in [-0.3, -0.25) is 0 Å². The van der Waals surface area contributed by atoms with Crippen LogP contribution in [-0.2, 0) is 9.84 Å². The smallest absolute Gasteiger partial charge is 0.177 e. The summed E-state index contributed by atoms with van der Waals surface area (Å²) < 4.78 is 23.9. The van der Waals surface area contributed by atoms with Crippen LogP contribution in [0, 0.1) is 5.41 Å². The Balaban J connectivity index is 2.11. The first-order chi connectivity index (χ1) is 9.31. The molecule has 1 N–H and O–H groups in total. The topological polar surface area (TPSA) is 49.4 Å². The van der Waals surface area contributed by atoms with E-state index in [-0.39, 0.29) is 5.41 Å². The van der Waals surface area contributed by atoms with Crippen LogP contribution >= 0.6 is 0 Å². The van der Waals surface area contributed by atoms with Crippen LogP contribution in [-0.4, -0.2) is 33.8 Å². The van der Waals surface area contributed by atoms with Crippen molar-refractivity contribution in [3.63, 3.8) is 0 Å². The van der Waals surface area contributed by atoms with E-state index in [1.807, 2.05) is 12.1 Å². The molecular weight excluding hydrogens is 272 g/mol. The zero-order valence-electron chi connectivity index (χ0n) is 12.3. The first-order valence-corrected chi connectivity index (χ1v) is 9.03. The van der Waals surface area contributed by atoms with E-state index in [0.29, 0.717) is 10.9 Å². The first kappa shape index (κ1) is 13.7. The number of anilines is 2. The van der Waals surface area contributed by atoms with E-state index in [2.05, 4.69) is 24.1 Å². The molecule has 3 rings (SSSR count). The minimum Gasteiger partial charge on any atom is -0.380 e. The van der Waals surface area contributed by atoms with E-state index in [0.717, 1.165) is 30.9 Å². The number of rotatable bonds is 1. The van der Waals surface area contributed by atoms with Crippen molar-refractivity contribution in [2.75, 3.05) is 29.6 Å². The third-order valence-electron chi connectivity index (χ3n) is 4.68. The fourth-order valence-electron chi connectivity index (χ4n) is 3.57. The number of para-hydroxylation sites is 1. The van der Waals surface area contributed by atoms with Gasteiger partial charge in [0.25, 0.3) is 0 Å². The Kier molecular flexibility index (Phi) is 3.01. The van der Waals surface area contributed by atoms with Gasteiger partial charge in [0.2, 0.25) is 0 Å². The predicted octanol–water partition coefficient (Wildman–Crippen LogP) is 2.51. The van der Waals surface area contributed by atoms with Gasteiger partial charge in [-0.05, 0) is 30.4 Å². The molecule has 0 radical (unpaired) electrons. The second kappa shape index (κ2) is 4.38. The Morgan fingerprint density at radius 2 is 2.10 bits per heavy atom. The molecule has 1 atom stereocenters. The summed E-state index contributed by atoms with van der Waals surface area (Å²) in [5.41, 5.74) is 2.07. The van der Waals surface area contributed by atoms with Gasteiger partial charge in [-0.1, -0.05) is 19.9 Å². The largest absolute Gasteiger partial charge is 0.380 e. The average Bonchev–Trinajstić information content (AvgIpc) is 2.36. The molecule has 5 heteroatoms. The summed E-state index contributed by atoms with van der Waals surface area (Å²) in [7, 11) is -3.20. The van der Waals surface area contributed by atoms with Gasteiger partial charge in [0.05, 0.1) is 22.3 Å². The van der Waals surface area contributed by atoms with Crippen LogP contribution in [0.2, 0.25) is 0 Å². The molecule has 0 bridgehead atoms. The molecule has 1 fully saturated rings. The van der Waals surface area contributed by atoms with Crippen LogP contribution in [0.1, 0.15) is 26.7 Å². The third kappa shape index (κ3) is 2.08. The Labute approximate surface area is 121 Å². The Hall–Kier alpha value is -1.23. The highest BCUT2D eigenvalue weighted by atomic mass is 32.2. The van der Waals surface area contributed by atoms with Crippen LogP contribution in [0.15, 0.2) is 23.1 Å². The number of nitrogens with zero attached hydrogens (tertiary/aromatic N) is 1. The second-order valence-corrected chi connectivity index (χ2v) is 8.59. The van der Waals surface area contributed by atoms with Crippen LogP contribution in [0.5, 0.6) is 0 Å². The lowest BCUT2D eigenvalue weighted by Crippen LogP contribution is -2.55. The minimum atomic E-state index is -3.20. The normalized spacial score (nSPS) is 24.6. The van der Waals surface area contributed by atoms with Crippen molar-refractivity contribution in [2.45, 2.75) is 37.6 Å². The maximum atomic E-state index is 11.9. The third-order valence-corrected chi connectivity index (χ3v) is 5.82. The lowest BCUT2D eigenvalue weighted by Gasteiger charge is -2.51. The van der Waals surface area contributed by atoms with Gasteiger partial charge in [-0.25, -0.2) is 8.42 Å². The summed E-state index contributed by atoms with van der Waals surface area (Å²) in [6.45, 7) is 6.43. The zero-order chi connectivity index (χ0) is 14.5. The van der Waals surface area contributed by atoms with Crippen molar-refractivity contribution >= 4 is 21.2 Å². The molecule has 20 heavy (non-hydrogen) atoms. The van der Waals surface area contributed by atoms with E-state index < -0.39 is 9.84 Å². The van der Waals surface area contributed by atoms with E-state index in [4.69, 9.17) is 0 Å². The summed E-state index contributed by atoms with van der Waals surface area (Å²) >= 11 is 0. The van der Waals surface area contributed by atoms with Crippen molar-refractivity contribution in [3.05, 3.63) is 18.2 Å². The molecule has 0 aromatic heterocycles. The van der Waals surface area contributed by atoms with Gasteiger partial charge in [0.15, 0.2) is 9.84 Å². The van der Waals surface area contributed by atoms with Gasteiger partial charge < -0.3 is 10.2 Å². The highest BCUT2D eigenvalue weighted by Crippen LogP contribution is 2.44. The standard InChI is InChI=1S/C15H22N2O2S/c1-15(2)8-5-9-17-11-6-4-7-12(20(3,18)19)14(11)16-10-13(15)17/h4,6-7,13,16H,5,8-10H2,1-3H3. The van der Waals surface area contributed by atoms with Gasteiger partial charge >= 0.3 is 0 Å². The molecule has 1 aromatic carbocycles. The van der Waals surface area contributed by atoms with Crippen molar-refractivity contribution < 1.29 is 8.42 Å². The molecule has 1 unspecified atom stereocenters.